The van der Waals surface area contributed by atoms with Gasteiger partial charge >= 0.3 is 20.2 Å². The number of aliphatic hydroxyl groups is 1. The van der Waals surface area contributed by atoms with Gasteiger partial charge in [0.2, 0.25) is 0 Å². The lowest BCUT2D eigenvalue weighted by Gasteiger charge is -2.29. The predicted octanol–water partition coefficient (Wildman–Crippen LogP) is 2.06. The normalized spacial score (nSPS) is 26.1. The number of carbonyl (C=O) groups is 1. The summed E-state index contributed by atoms with van der Waals surface area (Å²) in [5, 5.41) is 30.6. The molecule has 0 aliphatic carbocycles. The second kappa shape index (κ2) is 19.1. The summed E-state index contributed by atoms with van der Waals surface area (Å²) in [4.78, 5) is 61.8. The van der Waals surface area contributed by atoms with Gasteiger partial charge in [-0.25, -0.2) is 33.1 Å². The van der Waals surface area contributed by atoms with E-state index in [9.17, 15) is 28.9 Å². The van der Waals surface area contributed by atoms with E-state index in [1.807, 2.05) is 11.1 Å². The van der Waals surface area contributed by atoms with Crippen LogP contribution in [0.15, 0.2) is 64.8 Å². The number of phosphoric ester groups is 1. The summed E-state index contributed by atoms with van der Waals surface area (Å²) >= 11 is 5.54. The summed E-state index contributed by atoms with van der Waals surface area (Å²) in [6, 6.07) is 12.6. The van der Waals surface area contributed by atoms with Crippen LogP contribution < -0.4 is 16.6 Å². The molecule has 314 valence electrons. The maximum Gasteiger partial charge on any atom is 0.472 e. The van der Waals surface area contributed by atoms with Crippen molar-refractivity contribution in [2.75, 3.05) is 31.7 Å². The van der Waals surface area contributed by atoms with Crippen LogP contribution in [0.3, 0.4) is 0 Å². The van der Waals surface area contributed by atoms with E-state index in [-0.39, 0.29) is 29.8 Å². The van der Waals surface area contributed by atoms with Gasteiger partial charge in [0.1, 0.15) is 30.7 Å². The van der Waals surface area contributed by atoms with E-state index in [1.54, 1.807) is 36.4 Å². The number of phosphoric acid groups is 1. The number of halogens is 2. The van der Waals surface area contributed by atoms with Gasteiger partial charge in [-0.15, -0.1) is 0 Å². The third-order valence-corrected chi connectivity index (χ3v) is 11.9. The number of rotatable bonds is 18. The Morgan fingerprint density at radius 1 is 0.949 bits per heavy atom. The smallest absolute Gasteiger partial charge is 0.394 e. The van der Waals surface area contributed by atoms with Crippen LogP contribution in [0.2, 0.25) is 0 Å². The monoisotopic (exact) mass is 883 g/mol. The quantitative estimate of drug-likeness (QED) is 0.0821. The molecule has 10 atom stereocenters. The summed E-state index contributed by atoms with van der Waals surface area (Å²) < 4.78 is 86.1. The highest BCUT2D eigenvalue weighted by atomic mass is 32.5. The number of nitriles is 2. The van der Waals surface area contributed by atoms with Gasteiger partial charge in [0, 0.05) is 17.8 Å². The van der Waals surface area contributed by atoms with Crippen molar-refractivity contribution >= 4 is 49.2 Å². The fraction of sp³-hybridized carbons (Fsp3) is 0.438. The molecule has 0 saturated carbocycles. The Morgan fingerprint density at radius 2 is 1.61 bits per heavy atom. The van der Waals surface area contributed by atoms with Gasteiger partial charge in [-0.3, -0.25) is 37.3 Å². The molecule has 6 rings (SSSR count). The molecule has 6 unspecified atom stereocenters. The van der Waals surface area contributed by atoms with Crippen molar-refractivity contribution < 1.29 is 60.2 Å². The van der Waals surface area contributed by atoms with Gasteiger partial charge in [-0.05, 0) is 23.9 Å². The van der Waals surface area contributed by atoms with Gasteiger partial charge in [0.15, 0.2) is 41.8 Å². The van der Waals surface area contributed by atoms with E-state index in [0.717, 1.165) is 29.5 Å². The SMILES string of the molecule is N#CCCOP(=O)(O)OC1C(F)[C@H](n2cnc3c(NC(=O)c4ccccc4)ncnc32)O[C@@H]1COP(=S)(OCCC#N)OC1C(F)[C@H](n2ccc(=O)[nH]c2=O)O[C@@H]1CO. The number of imidazole rings is 1. The number of alkyl halides is 2. The number of hydrogen-bond donors (Lipinski definition) is 4. The van der Waals surface area contributed by atoms with Crippen molar-refractivity contribution in [3.8, 4) is 12.1 Å². The van der Waals surface area contributed by atoms with Gasteiger partial charge in [-0.2, -0.15) is 10.5 Å². The maximum atomic E-state index is 16.6. The largest absolute Gasteiger partial charge is 0.472 e. The zero-order valence-electron chi connectivity index (χ0n) is 30.1. The van der Waals surface area contributed by atoms with Crippen LogP contribution in [0.5, 0.6) is 0 Å². The highest BCUT2D eigenvalue weighted by Crippen LogP contribution is 2.55. The number of benzene rings is 1. The number of anilines is 1. The first-order chi connectivity index (χ1) is 28.3. The Morgan fingerprint density at radius 3 is 2.29 bits per heavy atom. The number of aliphatic hydroxyl groups excluding tert-OH is 1. The third kappa shape index (κ3) is 10.2. The summed E-state index contributed by atoms with van der Waals surface area (Å²) in [5.74, 6) is -0.580. The van der Waals surface area contributed by atoms with E-state index < -0.39 is 107 Å². The van der Waals surface area contributed by atoms with Crippen molar-refractivity contribution in [1.29, 1.82) is 10.5 Å². The fourth-order valence-electron chi connectivity index (χ4n) is 5.90. The molecule has 0 bridgehead atoms. The number of amides is 1. The molecule has 27 heteroatoms. The average Bonchev–Trinajstić information content (AvgIpc) is 3.87. The van der Waals surface area contributed by atoms with E-state index >= 15 is 8.78 Å². The molecule has 0 radical (unpaired) electrons. The van der Waals surface area contributed by atoms with Crippen molar-refractivity contribution in [2.24, 2.45) is 0 Å². The van der Waals surface area contributed by atoms with E-state index in [2.05, 4.69) is 20.3 Å². The number of H-pyrrole nitrogens is 1. The molecule has 0 spiro atoms. The second-order valence-corrected chi connectivity index (χ2v) is 16.8. The summed E-state index contributed by atoms with van der Waals surface area (Å²) in [6.45, 7) is -6.99. The number of carbonyl (C=O) groups excluding carboxylic acids is 1. The first-order valence-corrected chi connectivity index (χ1v) is 21.4. The number of fused-ring (bicyclic) bond motifs is 1. The molecule has 2 saturated heterocycles. The summed E-state index contributed by atoms with van der Waals surface area (Å²) in [5.41, 5.74) is -1.55. The zero-order chi connectivity index (χ0) is 42.3. The lowest BCUT2D eigenvalue weighted by molar-refractivity contribution is -0.0550. The molecular weight excluding hydrogens is 850 g/mol. The fourth-order valence-corrected chi connectivity index (χ4v) is 8.94. The standard InChI is InChI=1S/C32H33F2N9O13P2S/c33-22-25(19(14-44)53-30(22)42-11-8-21(45)40-32(42)47)56-58(59,51-13-5-10-36)52-15-20-26(55-57(48,49)50-12-4-9-35)23(34)31(54-20)43-17-39-24-27(37-16-38-28(24)43)41-29(46)18-6-2-1-3-7-18/h1-3,6-8,11,16-17,19-20,22-23,25-26,30-31,44H,4-5,12-15H2,(H,48,49)(H,40,45,47)(H,37,38,41,46)/t19-,20-,22?,23?,25?,26?,30-,31-,58?/m1/s1. The minimum absolute atomic E-state index is 0.00707. The van der Waals surface area contributed by atoms with Gasteiger partial charge in [-0.1, -0.05) is 18.2 Å². The van der Waals surface area contributed by atoms with Gasteiger partial charge < -0.3 is 33.8 Å². The molecule has 4 aromatic rings. The van der Waals surface area contributed by atoms with Crippen LogP contribution in [0.4, 0.5) is 14.6 Å². The summed E-state index contributed by atoms with van der Waals surface area (Å²) in [7, 11) is -5.11. The summed E-state index contributed by atoms with van der Waals surface area (Å²) in [6.07, 6.45) is -12.4. The minimum Gasteiger partial charge on any atom is -0.394 e. The second-order valence-electron chi connectivity index (χ2n) is 12.4. The van der Waals surface area contributed by atoms with Crippen LogP contribution in [0.1, 0.15) is 35.7 Å². The van der Waals surface area contributed by atoms with E-state index in [0.29, 0.717) is 10.1 Å². The minimum atomic E-state index is -5.11. The molecule has 2 aliphatic rings. The van der Waals surface area contributed by atoms with E-state index in [1.165, 1.54) is 0 Å². The first-order valence-electron chi connectivity index (χ1n) is 17.3. The van der Waals surface area contributed by atoms with Crippen molar-refractivity contribution in [2.45, 2.75) is 62.1 Å². The topological polar surface area (TPSA) is 297 Å². The molecule has 3 aromatic heterocycles. The lowest BCUT2D eigenvalue weighted by Crippen LogP contribution is -2.37. The highest BCUT2D eigenvalue weighted by molar-refractivity contribution is 8.07. The predicted molar refractivity (Wildman–Crippen MR) is 198 cm³/mol. The van der Waals surface area contributed by atoms with Crippen LogP contribution in [0.25, 0.3) is 11.2 Å². The Hall–Kier alpha value is -4.72. The maximum absolute atomic E-state index is 16.6. The highest BCUT2D eigenvalue weighted by Gasteiger charge is 2.53. The zero-order valence-corrected chi connectivity index (χ0v) is 32.7. The number of aromatic nitrogens is 6. The van der Waals surface area contributed by atoms with Crippen molar-refractivity contribution in [3.05, 3.63) is 81.7 Å². The molecule has 4 N–H and O–H groups in total. The molecule has 22 nitrogen and oxygen atoms in total. The Labute approximate surface area is 336 Å². The number of ether oxygens (including phenoxy) is 2. The molecular formula is C32H33F2N9O13P2S. The Balaban J connectivity index is 1.27. The third-order valence-electron chi connectivity index (χ3n) is 8.57. The number of aromatic amines is 1. The number of nitrogens with one attached hydrogen (secondary N) is 2. The molecule has 1 amide bonds. The van der Waals surface area contributed by atoms with E-state index in [4.69, 9.17) is 54.4 Å². The van der Waals surface area contributed by atoms with Crippen LogP contribution >= 0.6 is 14.5 Å². The number of hydrogen-bond acceptors (Lipinski definition) is 18. The molecule has 59 heavy (non-hydrogen) atoms. The van der Waals surface area contributed by atoms with Crippen LogP contribution in [0, 0.1) is 22.7 Å². The number of nitrogens with zero attached hydrogens (tertiary/aromatic N) is 7. The van der Waals surface area contributed by atoms with Gasteiger partial charge in [0.25, 0.3) is 11.5 Å². The Bertz CT molecular complexity index is 2430. The molecule has 1 aromatic carbocycles. The lowest BCUT2D eigenvalue weighted by atomic mass is 10.1. The average molecular weight is 884 g/mol. The van der Waals surface area contributed by atoms with Crippen molar-refractivity contribution in [1.82, 2.24) is 29.1 Å². The van der Waals surface area contributed by atoms with Crippen LogP contribution in [-0.2, 0) is 48.5 Å². The van der Waals surface area contributed by atoms with Gasteiger partial charge in [0.05, 0.1) is 57.7 Å². The molecule has 5 heterocycles. The molecule has 2 fully saturated rings. The van der Waals surface area contributed by atoms with Crippen LogP contribution in [-0.4, -0.2) is 108 Å². The first kappa shape index (κ1) is 43.8. The molecule has 2 aliphatic heterocycles. The van der Waals surface area contributed by atoms with Crippen molar-refractivity contribution in [3.63, 3.8) is 0 Å². The Kier molecular flexibility index (Phi) is 14.2.